The van der Waals surface area contributed by atoms with Gasteiger partial charge in [-0.05, 0) is 119 Å². The summed E-state index contributed by atoms with van der Waals surface area (Å²) < 4.78 is 0. The fourth-order valence-electron chi connectivity index (χ4n) is 6.50. The van der Waals surface area contributed by atoms with Crippen LogP contribution >= 0.6 is 0 Å². The molecular formula is C31H43BN4O3. The summed E-state index contributed by atoms with van der Waals surface area (Å²) in [5.41, 5.74) is 4.87. The number of hydrogen-bond acceptors (Lipinski definition) is 5. The van der Waals surface area contributed by atoms with Gasteiger partial charge in [0.2, 0.25) is 11.8 Å². The van der Waals surface area contributed by atoms with E-state index in [9.17, 15) is 14.6 Å². The van der Waals surface area contributed by atoms with E-state index in [0.717, 1.165) is 76.3 Å². The summed E-state index contributed by atoms with van der Waals surface area (Å²) in [5.74, 6) is 1.72. The van der Waals surface area contributed by atoms with Crippen LogP contribution in [0.4, 0.5) is 11.4 Å². The molecule has 208 valence electrons. The summed E-state index contributed by atoms with van der Waals surface area (Å²) in [6, 6.07) is 17.1. The molecule has 0 unspecified atom stereocenters. The molecule has 4 heterocycles. The first-order valence-electron chi connectivity index (χ1n) is 14.9. The molecule has 7 nitrogen and oxygen atoms in total. The lowest BCUT2D eigenvalue weighted by molar-refractivity contribution is -0.117. The van der Waals surface area contributed by atoms with Crippen molar-refractivity contribution in [3.05, 3.63) is 59.7 Å². The molecule has 4 aliphatic rings. The Labute approximate surface area is 233 Å². The number of piperidine rings is 2. The maximum Gasteiger partial charge on any atom is 0.376 e. The van der Waals surface area contributed by atoms with Crippen molar-refractivity contribution in [2.75, 3.05) is 49.1 Å². The van der Waals surface area contributed by atoms with Gasteiger partial charge in [-0.1, -0.05) is 24.3 Å². The number of nitrogens with one attached hydrogen (secondary N) is 1. The van der Waals surface area contributed by atoms with E-state index in [1.54, 1.807) is 0 Å². The Morgan fingerprint density at radius 3 is 1.67 bits per heavy atom. The third kappa shape index (κ3) is 6.91. The van der Waals surface area contributed by atoms with Crippen molar-refractivity contribution >= 4 is 30.2 Å². The Morgan fingerprint density at radius 2 is 1.23 bits per heavy atom. The molecule has 2 amide bonds. The lowest BCUT2D eigenvalue weighted by atomic mass is 9.79. The Morgan fingerprint density at radius 1 is 0.744 bits per heavy atom. The maximum atomic E-state index is 11.9. The van der Waals surface area contributed by atoms with E-state index >= 15 is 0 Å². The summed E-state index contributed by atoms with van der Waals surface area (Å²) in [4.78, 5) is 29.6. The SMILES string of the molecule is CB(O)N1CCC(c2cccc(N3CCCC3=O)c2)CC1.O=C1CCCN1c1cccc(C2CCNCC2)c1. The summed E-state index contributed by atoms with van der Waals surface area (Å²) in [7, 11) is -0.348. The van der Waals surface area contributed by atoms with E-state index < -0.39 is 0 Å². The summed E-state index contributed by atoms with van der Waals surface area (Å²) in [5, 5.41) is 13.0. The van der Waals surface area contributed by atoms with Gasteiger partial charge in [0.15, 0.2) is 0 Å². The van der Waals surface area contributed by atoms with Gasteiger partial charge in [-0.2, -0.15) is 0 Å². The van der Waals surface area contributed by atoms with Gasteiger partial charge in [-0.25, -0.2) is 0 Å². The van der Waals surface area contributed by atoms with E-state index in [4.69, 9.17) is 0 Å². The van der Waals surface area contributed by atoms with Crippen LogP contribution in [0.15, 0.2) is 48.5 Å². The van der Waals surface area contributed by atoms with Crippen molar-refractivity contribution in [1.29, 1.82) is 0 Å². The first-order valence-corrected chi connectivity index (χ1v) is 14.9. The van der Waals surface area contributed by atoms with Crippen molar-refractivity contribution in [3.63, 3.8) is 0 Å². The van der Waals surface area contributed by atoms with Crippen LogP contribution in [0, 0.1) is 0 Å². The highest BCUT2D eigenvalue weighted by molar-refractivity contribution is 6.45. The van der Waals surface area contributed by atoms with Gasteiger partial charge < -0.3 is 25.0 Å². The molecule has 0 saturated carbocycles. The summed E-state index contributed by atoms with van der Waals surface area (Å²) in [6.07, 6.45) is 7.90. The Hall–Kier alpha value is -2.68. The normalized spacial score (nSPS) is 21.3. The van der Waals surface area contributed by atoms with Gasteiger partial charge in [-0.15, -0.1) is 0 Å². The van der Waals surface area contributed by atoms with Gasteiger partial charge in [0.05, 0.1) is 0 Å². The molecule has 39 heavy (non-hydrogen) atoms. The molecule has 4 aliphatic heterocycles. The topological polar surface area (TPSA) is 76.1 Å². The molecule has 0 spiro atoms. The number of carbonyl (C=O) groups excluding carboxylic acids is 2. The second-order valence-electron chi connectivity index (χ2n) is 11.5. The van der Waals surface area contributed by atoms with Crippen LogP contribution in [-0.2, 0) is 9.59 Å². The number of nitrogens with zero attached hydrogens (tertiary/aromatic N) is 3. The van der Waals surface area contributed by atoms with E-state index in [0.29, 0.717) is 24.7 Å². The first-order chi connectivity index (χ1) is 19.0. The molecule has 6 rings (SSSR count). The fourth-order valence-corrected chi connectivity index (χ4v) is 6.50. The van der Waals surface area contributed by atoms with Crippen LogP contribution in [-0.4, -0.2) is 68.0 Å². The second-order valence-corrected chi connectivity index (χ2v) is 11.5. The standard InChI is InChI=1S/C16H23BN2O2.C15H20N2O/c1-17(21)18-10-7-13(8-11-18)14-4-2-5-15(12-14)19-9-3-6-16(19)20;18-15-5-2-10-17(15)14-4-1-3-13(11-14)12-6-8-16-9-7-12/h2,4-5,12-13,21H,3,6-11H2,1H3;1,3-4,11-12,16H,2,5-10H2. The molecular weight excluding hydrogens is 487 g/mol. The molecule has 0 aliphatic carbocycles. The van der Waals surface area contributed by atoms with Crippen LogP contribution in [0.2, 0.25) is 6.82 Å². The molecule has 0 bridgehead atoms. The molecule has 2 aromatic carbocycles. The van der Waals surface area contributed by atoms with E-state index in [1.165, 1.54) is 24.0 Å². The van der Waals surface area contributed by atoms with Crippen LogP contribution < -0.4 is 15.1 Å². The molecule has 4 saturated heterocycles. The smallest absolute Gasteiger partial charge is 0.376 e. The number of hydrogen-bond donors (Lipinski definition) is 2. The van der Waals surface area contributed by atoms with Crippen molar-refractivity contribution in [3.8, 4) is 0 Å². The Kier molecular flexibility index (Phi) is 9.38. The minimum atomic E-state index is -0.348. The van der Waals surface area contributed by atoms with Crippen LogP contribution in [0.1, 0.15) is 74.3 Å². The van der Waals surface area contributed by atoms with E-state index in [2.05, 4.69) is 52.6 Å². The van der Waals surface area contributed by atoms with Crippen LogP contribution in [0.25, 0.3) is 0 Å². The highest BCUT2D eigenvalue weighted by Crippen LogP contribution is 2.32. The minimum absolute atomic E-state index is 0.246. The maximum absolute atomic E-state index is 11.9. The van der Waals surface area contributed by atoms with Crippen LogP contribution in [0.5, 0.6) is 0 Å². The number of benzene rings is 2. The average Bonchev–Trinajstić information content (AvgIpc) is 3.62. The predicted octanol–water partition coefficient (Wildman–Crippen LogP) is 4.38. The van der Waals surface area contributed by atoms with Gasteiger partial charge >= 0.3 is 7.05 Å². The van der Waals surface area contributed by atoms with Gasteiger partial charge in [0, 0.05) is 37.3 Å². The monoisotopic (exact) mass is 530 g/mol. The molecule has 2 N–H and O–H groups in total. The van der Waals surface area contributed by atoms with Crippen molar-refractivity contribution in [2.45, 2.75) is 70.0 Å². The zero-order valence-corrected chi connectivity index (χ0v) is 23.4. The van der Waals surface area contributed by atoms with Crippen molar-refractivity contribution < 1.29 is 14.6 Å². The molecule has 0 atom stereocenters. The van der Waals surface area contributed by atoms with E-state index in [-0.39, 0.29) is 18.9 Å². The number of carbonyl (C=O) groups is 2. The van der Waals surface area contributed by atoms with Crippen LogP contribution in [0.3, 0.4) is 0 Å². The Balaban J connectivity index is 0.000000160. The summed E-state index contributed by atoms with van der Waals surface area (Å²) >= 11 is 0. The second kappa shape index (κ2) is 13.1. The molecule has 8 heteroatoms. The number of anilines is 2. The third-order valence-corrected chi connectivity index (χ3v) is 8.85. The van der Waals surface area contributed by atoms with Gasteiger partial charge in [-0.3, -0.25) is 9.59 Å². The predicted molar refractivity (Wildman–Crippen MR) is 158 cm³/mol. The quantitative estimate of drug-likeness (QED) is 0.562. The van der Waals surface area contributed by atoms with Crippen molar-refractivity contribution in [2.24, 2.45) is 0 Å². The zero-order valence-electron chi connectivity index (χ0n) is 23.4. The van der Waals surface area contributed by atoms with Gasteiger partial charge in [0.1, 0.15) is 0 Å². The zero-order chi connectivity index (χ0) is 27.2. The lowest BCUT2D eigenvalue weighted by Crippen LogP contribution is -2.42. The molecule has 0 radical (unpaired) electrons. The fraction of sp³-hybridized carbons (Fsp3) is 0.548. The van der Waals surface area contributed by atoms with Crippen molar-refractivity contribution in [1.82, 2.24) is 10.1 Å². The number of rotatable bonds is 5. The molecule has 0 aromatic heterocycles. The largest absolute Gasteiger partial charge is 0.437 e. The first kappa shape index (κ1) is 27.9. The summed E-state index contributed by atoms with van der Waals surface area (Å²) in [6.45, 7) is 7.66. The third-order valence-electron chi connectivity index (χ3n) is 8.85. The highest BCUT2D eigenvalue weighted by atomic mass is 16.2. The minimum Gasteiger partial charge on any atom is -0.437 e. The van der Waals surface area contributed by atoms with E-state index in [1.807, 2.05) is 22.7 Å². The lowest BCUT2D eigenvalue weighted by Gasteiger charge is -2.33. The molecule has 2 aromatic rings. The number of amides is 2. The average molecular weight is 531 g/mol. The molecule has 4 fully saturated rings. The van der Waals surface area contributed by atoms with Gasteiger partial charge in [0.25, 0.3) is 0 Å². The Bertz CT molecular complexity index is 1130. The highest BCUT2D eigenvalue weighted by Gasteiger charge is 2.27.